The summed E-state index contributed by atoms with van der Waals surface area (Å²) in [7, 11) is 0. The Morgan fingerprint density at radius 1 is 1.22 bits per heavy atom. The van der Waals surface area contributed by atoms with Gasteiger partial charge in [0.25, 0.3) is 0 Å². The molecular formula is C16H27N5O2. The van der Waals surface area contributed by atoms with Crippen molar-refractivity contribution in [2.75, 3.05) is 57.9 Å². The molecule has 3 heterocycles. The summed E-state index contributed by atoms with van der Waals surface area (Å²) in [5.41, 5.74) is 0. The minimum absolute atomic E-state index is 0.239. The molecule has 7 nitrogen and oxygen atoms in total. The fourth-order valence-electron chi connectivity index (χ4n) is 3.08. The largest absolute Gasteiger partial charge is 0.379 e. The van der Waals surface area contributed by atoms with Gasteiger partial charge in [-0.05, 0) is 19.4 Å². The number of ether oxygens (including phenoxy) is 2. The molecule has 2 saturated heterocycles. The van der Waals surface area contributed by atoms with Crippen molar-refractivity contribution in [3.05, 3.63) is 18.1 Å². The summed E-state index contributed by atoms with van der Waals surface area (Å²) in [6.07, 6.45) is 2.81. The van der Waals surface area contributed by atoms with Gasteiger partial charge in [-0.15, -0.1) is 0 Å². The van der Waals surface area contributed by atoms with Crippen molar-refractivity contribution < 1.29 is 9.47 Å². The third kappa shape index (κ3) is 5.10. The van der Waals surface area contributed by atoms with Crippen LogP contribution in [0.15, 0.2) is 12.3 Å². The Bertz CT molecular complexity index is 481. The highest BCUT2D eigenvalue weighted by Crippen LogP contribution is 2.13. The van der Waals surface area contributed by atoms with Crippen LogP contribution >= 0.6 is 0 Å². The lowest BCUT2D eigenvalue weighted by atomic mass is 10.0. The first-order valence-electron chi connectivity index (χ1n) is 8.49. The van der Waals surface area contributed by atoms with Gasteiger partial charge < -0.3 is 20.1 Å². The van der Waals surface area contributed by atoms with Crippen molar-refractivity contribution in [3.63, 3.8) is 0 Å². The van der Waals surface area contributed by atoms with E-state index in [2.05, 4.69) is 25.5 Å². The number of morpholine rings is 1. The first kappa shape index (κ1) is 16.6. The quantitative estimate of drug-likeness (QED) is 0.779. The van der Waals surface area contributed by atoms with Crippen LogP contribution in [0.4, 0.5) is 5.82 Å². The molecule has 2 aliphatic heterocycles. The molecule has 128 valence electrons. The van der Waals surface area contributed by atoms with Crippen LogP contribution in [0.5, 0.6) is 0 Å². The van der Waals surface area contributed by atoms with E-state index in [-0.39, 0.29) is 6.04 Å². The zero-order chi connectivity index (χ0) is 15.9. The summed E-state index contributed by atoms with van der Waals surface area (Å²) >= 11 is 0. The van der Waals surface area contributed by atoms with Crippen LogP contribution in [0.3, 0.4) is 0 Å². The molecule has 0 unspecified atom stereocenters. The minimum Gasteiger partial charge on any atom is -0.379 e. The SMILES string of the molecule is Cc1nccc(N[C@@H]2COCC[C@@H]2NCCN2CCOCC2)n1. The molecule has 0 spiro atoms. The summed E-state index contributed by atoms with van der Waals surface area (Å²) in [5.74, 6) is 1.65. The third-order valence-electron chi connectivity index (χ3n) is 4.40. The second kappa shape index (κ2) is 8.54. The Balaban J connectivity index is 1.47. The maximum absolute atomic E-state index is 5.64. The van der Waals surface area contributed by atoms with E-state index in [4.69, 9.17) is 9.47 Å². The van der Waals surface area contributed by atoms with Gasteiger partial charge in [0, 0.05) is 45.0 Å². The summed E-state index contributed by atoms with van der Waals surface area (Å²) < 4.78 is 11.0. The second-order valence-corrected chi connectivity index (χ2v) is 6.12. The summed E-state index contributed by atoms with van der Waals surface area (Å²) in [5, 5.41) is 7.17. The smallest absolute Gasteiger partial charge is 0.129 e. The highest BCUT2D eigenvalue weighted by Gasteiger charge is 2.25. The maximum Gasteiger partial charge on any atom is 0.129 e. The van der Waals surface area contributed by atoms with Crippen molar-refractivity contribution in [2.24, 2.45) is 0 Å². The fraction of sp³-hybridized carbons (Fsp3) is 0.750. The summed E-state index contributed by atoms with van der Waals surface area (Å²) in [6, 6.07) is 2.55. The topological polar surface area (TPSA) is 71.5 Å². The molecule has 1 aromatic rings. The van der Waals surface area contributed by atoms with E-state index in [0.717, 1.165) is 64.1 Å². The van der Waals surface area contributed by atoms with E-state index in [1.54, 1.807) is 6.20 Å². The molecule has 7 heteroatoms. The Kier molecular flexibility index (Phi) is 6.15. The molecule has 23 heavy (non-hydrogen) atoms. The molecule has 2 atom stereocenters. The predicted molar refractivity (Wildman–Crippen MR) is 88.7 cm³/mol. The van der Waals surface area contributed by atoms with Crippen molar-refractivity contribution in [1.82, 2.24) is 20.2 Å². The average Bonchev–Trinajstić information content (AvgIpc) is 2.57. The van der Waals surface area contributed by atoms with E-state index >= 15 is 0 Å². The first-order valence-corrected chi connectivity index (χ1v) is 8.49. The zero-order valence-electron chi connectivity index (χ0n) is 13.8. The second-order valence-electron chi connectivity index (χ2n) is 6.12. The minimum atomic E-state index is 0.239. The third-order valence-corrected chi connectivity index (χ3v) is 4.40. The molecule has 0 bridgehead atoms. The van der Waals surface area contributed by atoms with Crippen molar-refractivity contribution in [3.8, 4) is 0 Å². The molecule has 0 aliphatic carbocycles. The average molecular weight is 321 g/mol. The van der Waals surface area contributed by atoms with Gasteiger partial charge in [0.05, 0.1) is 25.9 Å². The molecule has 1 aromatic heterocycles. The first-order chi connectivity index (χ1) is 11.3. The van der Waals surface area contributed by atoms with Crippen molar-refractivity contribution in [2.45, 2.75) is 25.4 Å². The van der Waals surface area contributed by atoms with E-state index < -0.39 is 0 Å². The molecule has 0 amide bonds. The fourth-order valence-corrected chi connectivity index (χ4v) is 3.08. The van der Waals surface area contributed by atoms with Gasteiger partial charge in [-0.3, -0.25) is 4.90 Å². The Labute approximate surface area is 137 Å². The summed E-state index contributed by atoms with van der Waals surface area (Å²) in [6.45, 7) is 9.28. The van der Waals surface area contributed by atoms with Crippen LogP contribution in [-0.4, -0.2) is 79.6 Å². The molecule has 2 aliphatic rings. The predicted octanol–water partition coefficient (Wildman–Crippen LogP) is 0.276. The lowest BCUT2D eigenvalue weighted by molar-refractivity contribution is 0.0358. The maximum atomic E-state index is 5.64. The molecule has 0 radical (unpaired) electrons. The van der Waals surface area contributed by atoms with Crippen molar-refractivity contribution >= 4 is 5.82 Å². The summed E-state index contributed by atoms with van der Waals surface area (Å²) in [4.78, 5) is 11.0. The number of hydrogen-bond donors (Lipinski definition) is 2. The van der Waals surface area contributed by atoms with Gasteiger partial charge in [-0.25, -0.2) is 9.97 Å². The van der Waals surface area contributed by atoms with Crippen LogP contribution in [0, 0.1) is 6.92 Å². The van der Waals surface area contributed by atoms with Crippen LogP contribution in [0.2, 0.25) is 0 Å². The number of rotatable bonds is 6. The van der Waals surface area contributed by atoms with Gasteiger partial charge in [0.15, 0.2) is 0 Å². The number of nitrogens with zero attached hydrogens (tertiary/aromatic N) is 3. The lowest BCUT2D eigenvalue weighted by Crippen LogP contribution is -2.52. The molecule has 0 aromatic carbocycles. The number of hydrogen-bond acceptors (Lipinski definition) is 7. The lowest BCUT2D eigenvalue weighted by Gasteiger charge is -2.34. The Morgan fingerprint density at radius 3 is 2.91 bits per heavy atom. The van der Waals surface area contributed by atoms with Crippen LogP contribution in [-0.2, 0) is 9.47 Å². The van der Waals surface area contributed by atoms with Gasteiger partial charge in [0.2, 0.25) is 0 Å². The standard InChI is InChI=1S/C16H27N5O2/c1-13-17-4-2-16(19-13)20-15-12-23-9-3-14(15)18-5-6-21-7-10-22-11-8-21/h2,4,14-15,18H,3,5-12H2,1H3,(H,17,19,20)/t14-,15+/m0/s1. The number of aromatic nitrogens is 2. The molecule has 2 N–H and O–H groups in total. The van der Waals surface area contributed by atoms with Crippen LogP contribution in [0.25, 0.3) is 0 Å². The Morgan fingerprint density at radius 2 is 2.09 bits per heavy atom. The van der Waals surface area contributed by atoms with Gasteiger partial charge in [0.1, 0.15) is 11.6 Å². The zero-order valence-corrected chi connectivity index (χ0v) is 13.8. The van der Waals surface area contributed by atoms with Gasteiger partial charge in [-0.2, -0.15) is 0 Å². The van der Waals surface area contributed by atoms with E-state index in [9.17, 15) is 0 Å². The van der Waals surface area contributed by atoms with Gasteiger partial charge >= 0.3 is 0 Å². The number of anilines is 1. The van der Waals surface area contributed by atoms with Crippen LogP contribution in [0.1, 0.15) is 12.2 Å². The highest BCUT2D eigenvalue weighted by atomic mass is 16.5. The van der Waals surface area contributed by atoms with E-state index in [1.807, 2.05) is 13.0 Å². The molecule has 2 fully saturated rings. The number of nitrogens with one attached hydrogen (secondary N) is 2. The van der Waals surface area contributed by atoms with Gasteiger partial charge in [-0.1, -0.05) is 0 Å². The highest BCUT2D eigenvalue weighted by molar-refractivity contribution is 5.35. The van der Waals surface area contributed by atoms with Crippen LogP contribution < -0.4 is 10.6 Å². The molecular weight excluding hydrogens is 294 g/mol. The number of aryl methyl sites for hydroxylation is 1. The van der Waals surface area contributed by atoms with E-state index in [1.165, 1.54) is 0 Å². The van der Waals surface area contributed by atoms with Crippen molar-refractivity contribution in [1.29, 1.82) is 0 Å². The molecule has 0 saturated carbocycles. The molecule has 3 rings (SSSR count). The van der Waals surface area contributed by atoms with E-state index in [0.29, 0.717) is 12.6 Å². The normalized spacial score (nSPS) is 26.1. The Hall–Kier alpha value is -1.28. The monoisotopic (exact) mass is 321 g/mol.